The molecule has 1 heteroatoms. The second-order valence-electron chi connectivity index (χ2n) is 4.82. The lowest BCUT2D eigenvalue weighted by molar-refractivity contribution is 0.234. The molecule has 1 nitrogen and oxygen atoms in total. The number of fused-ring (bicyclic) bond motifs is 5. The Morgan fingerprint density at radius 2 is 1.73 bits per heavy atom. The smallest absolute Gasteiger partial charge is 0.00727 e. The molecule has 0 heterocycles. The van der Waals surface area contributed by atoms with Crippen LogP contribution in [0.25, 0.3) is 0 Å². The maximum Gasteiger partial charge on any atom is 0.00727 e. The average molecular weight is 151 g/mol. The lowest BCUT2D eigenvalue weighted by Gasteiger charge is -2.28. The highest BCUT2D eigenvalue weighted by molar-refractivity contribution is 5.04. The van der Waals surface area contributed by atoms with Gasteiger partial charge >= 0.3 is 0 Å². The first kappa shape index (κ1) is 6.47. The van der Waals surface area contributed by atoms with Gasteiger partial charge in [-0.05, 0) is 49.4 Å². The van der Waals surface area contributed by atoms with Crippen LogP contribution in [0.2, 0.25) is 0 Å². The van der Waals surface area contributed by atoms with E-state index in [0.29, 0.717) is 6.04 Å². The van der Waals surface area contributed by atoms with Crippen LogP contribution >= 0.6 is 0 Å². The fourth-order valence-electron chi connectivity index (χ4n) is 4.12. The molecule has 0 spiro atoms. The van der Waals surface area contributed by atoms with Gasteiger partial charge in [0.2, 0.25) is 0 Å². The van der Waals surface area contributed by atoms with Crippen molar-refractivity contribution in [3.63, 3.8) is 0 Å². The predicted octanol–water partition coefficient (Wildman–Crippen LogP) is 1.77. The minimum atomic E-state index is 0.583. The van der Waals surface area contributed by atoms with Crippen LogP contribution in [0.3, 0.4) is 0 Å². The predicted molar refractivity (Wildman–Crippen MR) is 45.0 cm³/mol. The van der Waals surface area contributed by atoms with E-state index >= 15 is 0 Å². The Labute approximate surface area is 68.3 Å². The summed E-state index contributed by atoms with van der Waals surface area (Å²) in [7, 11) is 0. The van der Waals surface area contributed by atoms with E-state index in [1.807, 2.05) is 0 Å². The summed E-state index contributed by atoms with van der Waals surface area (Å²) in [6.07, 6.45) is 7.36. The number of hydrogen-bond donors (Lipinski definition) is 1. The molecule has 3 fully saturated rings. The zero-order valence-electron chi connectivity index (χ0n) is 7.00. The van der Waals surface area contributed by atoms with Gasteiger partial charge in [-0.25, -0.2) is 0 Å². The zero-order valence-corrected chi connectivity index (χ0v) is 7.00. The van der Waals surface area contributed by atoms with E-state index in [9.17, 15) is 0 Å². The van der Waals surface area contributed by atoms with Crippen molar-refractivity contribution in [1.29, 1.82) is 0 Å². The summed E-state index contributed by atoms with van der Waals surface area (Å²) in [6.45, 7) is 0. The Balaban J connectivity index is 1.90. The summed E-state index contributed by atoms with van der Waals surface area (Å²) in [4.78, 5) is 0. The molecule has 0 saturated heterocycles. The van der Waals surface area contributed by atoms with Gasteiger partial charge in [-0.2, -0.15) is 0 Å². The molecule has 2 N–H and O–H groups in total. The maximum absolute atomic E-state index is 6.08. The first-order valence-corrected chi connectivity index (χ1v) is 5.12. The molecular weight excluding hydrogens is 134 g/mol. The lowest BCUT2D eigenvalue weighted by Crippen LogP contribution is -2.34. The zero-order chi connectivity index (χ0) is 7.42. The van der Waals surface area contributed by atoms with Crippen LogP contribution < -0.4 is 5.73 Å². The number of nitrogens with two attached hydrogens (primary N) is 1. The molecule has 3 saturated carbocycles. The van der Waals surface area contributed by atoms with Gasteiger partial charge in [-0.1, -0.05) is 6.42 Å². The topological polar surface area (TPSA) is 26.0 Å². The van der Waals surface area contributed by atoms with Crippen LogP contribution in [0.5, 0.6) is 0 Å². The third kappa shape index (κ3) is 0.703. The Bertz CT molecular complexity index is 178. The van der Waals surface area contributed by atoms with Crippen molar-refractivity contribution < 1.29 is 0 Å². The normalized spacial score (nSPS) is 60.3. The molecule has 0 aromatic rings. The molecule has 3 unspecified atom stereocenters. The standard InChI is InChI=1S/C10H17N/c11-10-5-6-4-9(10)8-3-1-2-7(6)8/h6-10H,1-5,11H2/t6-,7?,8?,9-,10?/m0/s1. The van der Waals surface area contributed by atoms with Crippen LogP contribution in [0.4, 0.5) is 0 Å². The minimum absolute atomic E-state index is 0.583. The molecule has 0 radical (unpaired) electrons. The van der Waals surface area contributed by atoms with Gasteiger partial charge in [-0.15, -0.1) is 0 Å². The van der Waals surface area contributed by atoms with Crippen LogP contribution in [-0.2, 0) is 0 Å². The summed E-state index contributed by atoms with van der Waals surface area (Å²) in [5, 5.41) is 0. The highest BCUT2D eigenvalue weighted by Gasteiger charge is 2.52. The van der Waals surface area contributed by atoms with E-state index in [0.717, 1.165) is 23.7 Å². The van der Waals surface area contributed by atoms with E-state index in [1.165, 1.54) is 32.1 Å². The fourth-order valence-corrected chi connectivity index (χ4v) is 4.12. The van der Waals surface area contributed by atoms with Crippen molar-refractivity contribution >= 4 is 0 Å². The third-order valence-electron chi connectivity index (χ3n) is 4.48. The molecular formula is C10H17N. The van der Waals surface area contributed by atoms with E-state index < -0.39 is 0 Å². The Hall–Kier alpha value is -0.0400. The molecule has 3 aliphatic carbocycles. The Morgan fingerprint density at radius 3 is 2.64 bits per heavy atom. The third-order valence-corrected chi connectivity index (χ3v) is 4.48. The lowest BCUT2D eigenvalue weighted by atomic mass is 9.79. The van der Waals surface area contributed by atoms with Gasteiger partial charge < -0.3 is 5.73 Å². The highest BCUT2D eigenvalue weighted by Crippen LogP contribution is 2.58. The van der Waals surface area contributed by atoms with Gasteiger partial charge in [0.05, 0.1) is 0 Å². The SMILES string of the molecule is NC1C[C@@H]2C[C@H]1C1CCCC12. The fraction of sp³-hybridized carbons (Fsp3) is 1.00. The van der Waals surface area contributed by atoms with E-state index in [2.05, 4.69) is 0 Å². The largest absolute Gasteiger partial charge is 0.327 e. The van der Waals surface area contributed by atoms with Crippen molar-refractivity contribution in [2.45, 2.75) is 38.1 Å². The second-order valence-corrected chi connectivity index (χ2v) is 4.82. The van der Waals surface area contributed by atoms with Crippen molar-refractivity contribution in [3.05, 3.63) is 0 Å². The molecule has 2 bridgehead atoms. The monoisotopic (exact) mass is 151 g/mol. The second kappa shape index (κ2) is 2.01. The van der Waals surface area contributed by atoms with Crippen molar-refractivity contribution in [1.82, 2.24) is 0 Å². The molecule has 0 amide bonds. The maximum atomic E-state index is 6.08. The molecule has 5 atom stereocenters. The van der Waals surface area contributed by atoms with Gasteiger partial charge in [0.1, 0.15) is 0 Å². The first-order chi connectivity index (χ1) is 5.36. The summed E-state index contributed by atoms with van der Waals surface area (Å²) < 4.78 is 0. The highest BCUT2D eigenvalue weighted by atomic mass is 14.7. The van der Waals surface area contributed by atoms with Crippen molar-refractivity contribution in [2.75, 3.05) is 0 Å². The molecule has 0 aromatic heterocycles. The van der Waals surface area contributed by atoms with E-state index in [4.69, 9.17) is 5.73 Å². The quantitative estimate of drug-likeness (QED) is 0.561. The van der Waals surface area contributed by atoms with Crippen molar-refractivity contribution in [2.24, 2.45) is 29.4 Å². The van der Waals surface area contributed by atoms with Gasteiger partial charge in [-0.3, -0.25) is 0 Å². The number of rotatable bonds is 0. The van der Waals surface area contributed by atoms with Crippen LogP contribution in [0, 0.1) is 23.7 Å². The Kier molecular flexibility index (Phi) is 1.18. The van der Waals surface area contributed by atoms with Gasteiger partial charge in [0, 0.05) is 6.04 Å². The number of hydrogen-bond acceptors (Lipinski definition) is 1. The Morgan fingerprint density at radius 1 is 0.909 bits per heavy atom. The minimum Gasteiger partial charge on any atom is -0.327 e. The van der Waals surface area contributed by atoms with Crippen LogP contribution in [0.1, 0.15) is 32.1 Å². The summed E-state index contributed by atoms with van der Waals surface area (Å²) >= 11 is 0. The molecule has 0 aromatic carbocycles. The van der Waals surface area contributed by atoms with Gasteiger partial charge in [0.15, 0.2) is 0 Å². The van der Waals surface area contributed by atoms with Crippen LogP contribution in [0.15, 0.2) is 0 Å². The molecule has 3 aliphatic rings. The van der Waals surface area contributed by atoms with E-state index in [1.54, 1.807) is 0 Å². The summed E-state index contributed by atoms with van der Waals surface area (Å²) in [5.41, 5.74) is 6.08. The van der Waals surface area contributed by atoms with Gasteiger partial charge in [0.25, 0.3) is 0 Å². The average Bonchev–Trinajstić information content (AvgIpc) is 2.52. The van der Waals surface area contributed by atoms with Crippen molar-refractivity contribution in [3.8, 4) is 0 Å². The van der Waals surface area contributed by atoms with E-state index in [-0.39, 0.29) is 0 Å². The first-order valence-electron chi connectivity index (χ1n) is 5.12. The summed E-state index contributed by atoms with van der Waals surface area (Å²) in [5.74, 6) is 4.15. The molecule has 3 rings (SSSR count). The molecule has 11 heavy (non-hydrogen) atoms. The summed E-state index contributed by atoms with van der Waals surface area (Å²) in [6, 6.07) is 0.583. The molecule has 62 valence electrons. The van der Waals surface area contributed by atoms with Crippen LogP contribution in [-0.4, -0.2) is 6.04 Å². The molecule has 0 aliphatic heterocycles.